The fraction of sp³-hybridized carbons (Fsp3) is 0.167. The predicted octanol–water partition coefficient (Wildman–Crippen LogP) is 2.61. The number of nitrogens with zero attached hydrogens (tertiary/aromatic N) is 1. The van der Waals surface area contributed by atoms with Gasteiger partial charge in [0.15, 0.2) is 0 Å². The van der Waals surface area contributed by atoms with E-state index in [-0.39, 0.29) is 5.56 Å². The maximum absolute atomic E-state index is 13.4. The number of benzene rings is 1. The molecule has 0 saturated heterocycles. The summed E-state index contributed by atoms with van der Waals surface area (Å²) in [4.78, 5) is 11.1. The van der Waals surface area contributed by atoms with E-state index in [9.17, 15) is 9.18 Å². The number of carbonyl (C=O) groups excluding carboxylic acids is 1. The van der Waals surface area contributed by atoms with Crippen molar-refractivity contribution in [3.63, 3.8) is 0 Å². The monoisotopic (exact) mass is 250 g/mol. The summed E-state index contributed by atoms with van der Waals surface area (Å²) in [5, 5.41) is 1.85. The average molecular weight is 250 g/mol. The molecule has 1 heterocycles. The Morgan fingerprint density at radius 1 is 1.47 bits per heavy atom. The number of halogens is 1. The molecule has 0 bridgehead atoms. The maximum Gasteiger partial charge on any atom is 0.248 e. The molecule has 2 N–H and O–H groups in total. The molecule has 0 aliphatic heterocycles. The average Bonchev–Trinajstić information content (AvgIpc) is 2.76. The van der Waals surface area contributed by atoms with Crippen LogP contribution in [0.15, 0.2) is 23.6 Å². The highest BCUT2D eigenvalue weighted by molar-refractivity contribution is 7.04. The van der Waals surface area contributed by atoms with Gasteiger partial charge in [0.25, 0.3) is 0 Å². The first-order valence-electron chi connectivity index (χ1n) is 5.16. The fourth-order valence-corrected chi connectivity index (χ4v) is 2.42. The largest absolute Gasteiger partial charge is 0.366 e. The summed E-state index contributed by atoms with van der Waals surface area (Å²) in [5.41, 5.74) is 7.73. The molecule has 2 aromatic rings. The number of aryl methyl sites for hydroxylation is 1. The Bertz CT molecular complexity index is 565. The molecule has 0 atom stereocenters. The lowest BCUT2D eigenvalue weighted by Crippen LogP contribution is -2.11. The molecular weight excluding hydrogens is 239 g/mol. The number of primary amides is 1. The van der Waals surface area contributed by atoms with Crippen molar-refractivity contribution in [2.45, 2.75) is 13.3 Å². The van der Waals surface area contributed by atoms with Crippen molar-refractivity contribution in [1.82, 2.24) is 4.37 Å². The van der Waals surface area contributed by atoms with Crippen LogP contribution in [0.25, 0.3) is 11.1 Å². The van der Waals surface area contributed by atoms with E-state index in [2.05, 4.69) is 4.37 Å². The van der Waals surface area contributed by atoms with E-state index >= 15 is 0 Å². The molecule has 0 aliphatic carbocycles. The molecule has 0 radical (unpaired) electrons. The summed E-state index contributed by atoms with van der Waals surface area (Å²) in [6.45, 7) is 1.98. The lowest BCUT2D eigenvalue weighted by Gasteiger charge is -2.03. The van der Waals surface area contributed by atoms with Crippen LogP contribution in [0.1, 0.15) is 23.0 Å². The van der Waals surface area contributed by atoms with Crippen molar-refractivity contribution >= 4 is 17.4 Å². The van der Waals surface area contributed by atoms with E-state index in [4.69, 9.17) is 5.73 Å². The van der Waals surface area contributed by atoms with E-state index in [0.717, 1.165) is 23.7 Å². The molecule has 1 amide bonds. The van der Waals surface area contributed by atoms with Gasteiger partial charge in [0, 0.05) is 16.5 Å². The topological polar surface area (TPSA) is 56.0 Å². The molecule has 5 heteroatoms. The van der Waals surface area contributed by atoms with Crippen LogP contribution in [-0.4, -0.2) is 10.3 Å². The molecule has 1 aromatic heterocycles. The van der Waals surface area contributed by atoms with E-state index in [1.54, 1.807) is 6.07 Å². The summed E-state index contributed by atoms with van der Waals surface area (Å²) < 4.78 is 17.6. The molecule has 88 valence electrons. The van der Waals surface area contributed by atoms with Crippen molar-refractivity contribution in [1.29, 1.82) is 0 Å². The van der Waals surface area contributed by atoms with Crippen molar-refractivity contribution in [3.8, 4) is 11.1 Å². The molecule has 17 heavy (non-hydrogen) atoms. The lowest BCUT2D eigenvalue weighted by atomic mass is 10.0. The van der Waals surface area contributed by atoms with E-state index in [1.165, 1.54) is 17.6 Å². The van der Waals surface area contributed by atoms with E-state index in [1.807, 2.05) is 12.3 Å². The standard InChI is InChI=1S/C12H11FN2OS/c1-2-11-10(6-17-15-11)7-3-8(12(14)16)5-9(13)4-7/h3-6H,2H2,1H3,(H2,14,16). The van der Waals surface area contributed by atoms with Crippen LogP contribution in [-0.2, 0) is 6.42 Å². The Labute approximate surface area is 102 Å². The maximum atomic E-state index is 13.4. The van der Waals surface area contributed by atoms with Crippen LogP contribution in [0.3, 0.4) is 0 Å². The molecule has 0 fully saturated rings. The summed E-state index contributed by atoms with van der Waals surface area (Å²) >= 11 is 1.32. The van der Waals surface area contributed by atoms with Crippen LogP contribution >= 0.6 is 11.5 Å². The first-order chi connectivity index (χ1) is 8.11. The third-order valence-corrected chi connectivity index (χ3v) is 3.14. The summed E-state index contributed by atoms with van der Waals surface area (Å²) in [6, 6.07) is 4.11. The van der Waals surface area contributed by atoms with Crippen LogP contribution < -0.4 is 5.73 Å². The minimum Gasteiger partial charge on any atom is -0.366 e. The second-order valence-corrected chi connectivity index (χ2v) is 4.25. The Morgan fingerprint density at radius 3 is 2.88 bits per heavy atom. The summed E-state index contributed by atoms with van der Waals surface area (Å²) in [6.07, 6.45) is 0.765. The minimum absolute atomic E-state index is 0.174. The van der Waals surface area contributed by atoms with Gasteiger partial charge in [0.1, 0.15) is 5.82 Å². The van der Waals surface area contributed by atoms with Crippen LogP contribution in [0.2, 0.25) is 0 Å². The lowest BCUT2D eigenvalue weighted by molar-refractivity contribution is 0.1000. The van der Waals surface area contributed by atoms with Gasteiger partial charge in [0.2, 0.25) is 5.91 Å². The molecule has 1 aromatic carbocycles. The van der Waals surface area contributed by atoms with Crippen LogP contribution in [0.5, 0.6) is 0 Å². The number of rotatable bonds is 3. The smallest absolute Gasteiger partial charge is 0.248 e. The van der Waals surface area contributed by atoms with Crippen molar-refractivity contribution < 1.29 is 9.18 Å². The van der Waals surface area contributed by atoms with Gasteiger partial charge in [0.05, 0.1) is 5.69 Å². The number of aromatic nitrogens is 1. The Kier molecular flexibility index (Phi) is 3.19. The molecule has 0 saturated carbocycles. The fourth-order valence-electron chi connectivity index (χ4n) is 1.64. The molecular formula is C12H11FN2OS. The van der Waals surface area contributed by atoms with Gasteiger partial charge < -0.3 is 5.73 Å². The molecule has 0 spiro atoms. The van der Waals surface area contributed by atoms with E-state index < -0.39 is 11.7 Å². The van der Waals surface area contributed by atoms with Crippen LogP contribution in [0.4, 0.5) is 4.39 Å². The van der Waals surface area contributed by atoms with Gasteiger partial charge >= 0.3 is 0 Å². The minimum atomic E-state index is -0.632. The highest BCUT2D eigenvalue weighted by atomic mass is 32.1. The number of hydrogen-bond donors (Lipinski definition) is 1. The highest BCUT2D eigenvalue weighted by Crippen LogP contribution is 2.27. The van der Waals surface area contributed by atoms with Gasteiger partial charge in [-0.05, 0) is 41.7 Å². The summed E-state index contributed by atoms with van der Waals surface area (Å²) in [5.74, 6) is -1.10. The van der Waals surface area contributed by atoms with Gasteiger partial charge in [-0.25, -0.2) is 4.39 Å². The molecule has 2 rings (SSSR count). The predicted molar refractivity (Wildman–Crippen MR) is 65.4 cm³/mol. The Morgan fingerprint density at radius 2 is 2.24 bits per heavy atom. The van der Waals surface area contributed by atoms with Gasteiger partial charge in [-0.15, -0.1) is 0 Å². The first kappa shape index (κ1) is 11.7. The second-order valence-electron chi connectivity index (χ2n) is 3.62. The normalized spacial score (nSPS) is 10.5. The zero-order chi connectivity index (χ0) is 12.4. The first-order valence-corrected chi connectivity index (χ1v) is 5.99. The van der Waals surface area contributed by atoms with Crippen molar-refractivity contribution in [3.05, 3.63) is 40.7 Å². The number of carbonyl (C=O) groups is 1. The van der Waals surface area contributed by atoms with E-state index in [0.29, 0.717) is 5.56 Å². The second kappa shape index (κ2) is 4.63. The Balaban J connectivity index is 2.56. The van der Waals surface area contributed by atoms with Gasteiger partial charge in [-0.2, -0.15) is 4.37 Å². The van der Waals surface area contributed by atoms with Gasteiger partial charge in [-0.3, -0.25) is 4.79 Å². The SMILES string of the molecule is CCc1nscc1-c1cc(F)cc(C(N)=O)c1. The summed E-state index contributed by atoms with van der Waals surface area (Å²) in [7, 11) is 0. The number of hydrogen-bond acceptors (Lipinski definition) is 3. The van der Waals surface area contributed by atoms with Crippen LogP contribution in [0, 0.1) is 5.82 Å². The molecule has 3 nitrogen and oxygen atoms in total. The van der Waals surface area contributed by atoms with Gasteiger partial charge in [-0.1, -0.05) is 6.92 Å². The Hall–Kier alpha value is -1.75. The number of nitrogens with two attached hydrogens (primary N) is 1. The third-order valence-electron chi connectivity index (χ3n) is 2.47. The number of amides is 1. The highest BCUT2D eigenvalue weighted by Gasteiger charge is 2.11. The molecule has 0 unspecified atom stereocenters. The van der Waals surface area contributed by atoms with Crippen molar-refractivity contribution in [2.75, 3.05) is 0 Å². The molecule has 0 aliphatic rings. The third kappa shape index (κ3) is 2.34. The zero-order valence-corrected chi connectivity index (χ0v) is 10.1. The zero-order valence-electron chi connectivity index (χ0n) is 9.24. The quantitative estimate of drug-likeness (QED) is 0.910. The van der Waals surface area contributed by atoms with Crippen molar-refractivity contribution in [2.24, 2.45) is 5.73 Å².